The average Bonchev–Trinajstić information content (AvgIpc) is 2.37. The highest BCUT2D eigenvalue weighted by Crippen LogP contribution is 2.32. The average molecular weight is 352 g/mol. The molecule has 1 aromatic rings. The van der Waals surface area contributed by atoms with Gasteiger partial charge in [-0.1, -0.05) is 30.1 Å². The SMILES string of the molecule is C[C@@H]1CCCN(S(=O)(=O)c2cc(C(=O)O)c(Cl)cc2Cl)C1. The van der Waals surface area contributed by atoms with E-state index in [9.17, 15) is 13.2 Å². The molecule has 0 aromatic heterocycles. The van der Waals surface area contributed by atoms with Gasteiger partial charge in [0.1, 0.15) is 4.90 Å². The summed E-state index contributed by atoms with van der Waals surface area (Å²) in [5, 5.41) is 8.91. The van der Waals surface area contributed by atoms with Crippen molar-refractivity contribution < 1.29 is 18.3 Å². The van der Waals surface area contributed by atoms with Crippen molar-refractivity contribution in [1.29, 1.82) is 0 Å². The fourth-order valence-corrected chi connectivity index (χ4v) is 4.82. The third-order valence-electron chi connectivity index (χ3n) is 3.49. The van der Waals surface area contributed by atoms with E-state index >= 15 is 0 Å². The lowest BCUT2D eigenvalue weighted by atomic mass is 10.0. The van der Waals surface area contributed by atoms with Crippen molar-refractivity contribution in [2.75, 3.05) is 13.1 Å². The molecule has 5 nitrogen and oxygen atoms in total. The highest BCUT2D eigenvalue weighted by molar-refractivity contribution is 7.89. The molecule has 0 aliphatic carbocycles. The number of carboxylic acid groups (broad SMARTS) is 1. The molecule has 0 radical (unpaired) electrons. The van der Waals surface area contributed by atoms with Crippen LogP contribution in [-0.2, 0) is 10.0 Å². The van der Waals surface area contributed by atoms with Crippen molar-refractivity contribution in [2.24, 2.45) is 5.92 Å². The van der Waals surface area contributed by atoms with Crippen molar-refractivity contribution >= 4 is 39.2 Å². The lowest BCUT2D eigenvalue weighted by Crippen LogP contribution is -2.39. The number of nitrogens with zero attached hydrogens (tertiary/aromatic N) is 1. The summed E-state index contributed by atoms with van der Waals surface area (Å²) in [5.74, 6) is -1.03. The van der Waals surface area contributed by atoms with Crippen LogP contribution in [0, 0.1) is 5.92 Å². The number of hydrogen-bond acceptors (Lipinski definition) is 3. The predicted molar refractivity (Wildman–Crippen MR) is 80.6 cm³/mol. The molecule has 0 spiro atoms. The molecule has 1 saturated heterocycles. The molecule has 0 bridgehead atoms. The number of sulfonamides is 1. The zero-order chi connectivity index (χ0) is 15.8. The molecule has 1 fully saturated rings. The van der Waals surface area contributed by atoms with Crippen LogP contribution in [0.2, 0.25) is 10.0 Å². The Bertz CT molecular complexity index is 675. The first kappa shape index (κ1) is 16.5. The Labute approximate surface area is 133 Å². The molecule has 1 aromatic carbocycles. The first-order chi connectivity index (χ1) is 9.73. The highest BCUT2D eigenvalue weighted by atomic mass is 35.5. The maximum atomic E-state index is 12.6. The van der Waals surface area contributed by atoms with Crippen LogP contribution in [0.5, 0.6) is 0 Å². The van der Waals surface area contributed by atoms with E-state index < -0.39 is 16.0 Å². The zero-order valence-corrected chi connectivity index (χ0v) is 13.7. The van der Waals surface area contributed by atoms with Gasteiger partial charge in [0.05, 0.1) is 15.6 Å². The number of hydrogen-bond donors (Lipinski definition) is 1. The Hall–Kier alpha value is -0.820. The summed E-state index contributed by atoms with van der Waals surface area (Å²) in [4.78, 5) is 10.9. The van der Waals surface area contributed by atoms with E-state index in [1.807, 2.05) is 6.92 Å². The van der Waals surface area contributed by atoms with Crippen LogP contribution in [0.25, 0.3) is 0 Å². The van der Waals surface area contributed by atoms with E-state index in [1.54, 1.807) is 0 Å². The number of carbonyl (C=O) groups is 1. The monoisotopic (exact) mass is 351 g/mol. The second kappa shape index (κ2) is 6.12. The number of rotatable bonds is 3. The van der Waals surface area contributed by atoms with Gasteiger partial charge in [-0.15, -0.1) is 0 Å². The Morgan fingerprint density at radius 1 is 1.33 bits per heavy atom. The van der Waals surface area contributed by atoms with E-state index in [-0.39, 0.29) is 26.4 Å². The van der Waals surface area contributed by atoms with Gasteiger partial charge in [-0.3, -0.25) is 0 Å². The summed E-state index contributed by atoms with van der Waals surface area (Å²) in [6, 6.07) is 2.19. The highest BCUT2D eigenvalue weighted by Gasteiger charge is 2.31. The van der Waals surface area contributed by atoms with E-state index in [1.165, 1.54) is 4.31 Å². The molecular formula is C13H15Cl2NO4S. The van der Waals surface area contributed by atoms with Crippen LogP contribution in [0.15, 0.2) is 17.0 Å². The van der Waals surface area contributed by atoms with Crippen molar-refractivity contribution in [3.05, 3.63) is 27.7 Å². The standard InChI is InChI=1S/C13H15Cl2NO4S/c1-8-3-2-4-16(7-8)21(19,20)12-5-9(13(17)18)10(14)6-11(12)15/h5-6,8H,2-4,7H2,1H3,(H,17,18)/t8-/m1/s1. The van der Waals surface area contributed by atoms with E-state index in [0.29, 0.717) is 13.1 Å². The Balaban J connectivity index is 2.49. The minimum Gasteiger partial charge on any atom is -0.478 e. The number of halogens is 2. The fraction of sp³-hybridized carbons (Fsp3) is 0.462. The van der Waals surface area contributed by atoms with Crippen LogP contribution >= 0.6 is 23.2 Å². The first-order valence-corrected chi connectivity index (χ1v) is 8.65. The van der Waals surface area contributed by atoms with Crippen LogP contribution in [0.3, 0.4) is 0 Å². The third kappa shape index (κ3) is 3.34. The Kier molecular flexibility index (Phi) is 4.82. The van der Waals surface area contributed by atoms with Gasteiger partial charge < -0.3 is 5.11 Å². The molecule has 1 heterocycles. The molecule has 0 saturated carbocycles. The molecule has 2 rings (SSSR count). The van der Waals surface area contributed by atoms with Crippen molar-refractivity contribution in [1.82, 2.24) is 4.31 Å². The molecule has 21 heavy (non-hydrogen) atoms. The molecule has 8 heteroatoms. The van der Waals surface area contributed by atoms with Crippen molar-refractivity contribution in [3.63, 3.8) is 0 Å². The van der Waals surface area contributed by atoms with Gasteiger partial charge in [-0.2, -0.15) is 4.31 Å². The van der Waals surface area contributed by atoms with Crippen LogP contribution in [-0.4, -0.2) is 36.9 Å². The molecule has 1 atom stereocenters. The lowest BCUT2D eigenvalue weighted by Gasteiger charge is -2.30. The van der Waals surface area contributed by atoms with Gasteiger partial charge in [0.2, 0.25) is 10.0 Å². The lowest BCUT2D eigenvalue weighted by molar-refractivity contribution is 0.0697. The summed E-state index contributed by atoms with van der Waals surface area (Å²) >= 11 is 11.7. The van der Waals surface area contributed by atoms with Gasteiger partial charge in [0.15, 0.2) is 0 Å². The normalized spacial score (nSPS) is 20.4. The largest absolute Gasteiger partial charge is 0.478 e. The number of benzene rings is 1. The summed E-state index contributed by atoms with van der Waals surface area (Å²) in [6.45, 7) is 2.80. The molecule has 1 aliphatic rings. The van der Waals surface area contributed by atoms with Crippen LogP contribution in [0.1, 0.15) is 30.1 Å². The van der Waals surface area contributed by atoms with Gasteiger partial charge in [-0.05, 0) is 30.9 Å². The van der Waals surface area contributed by atoms with E-state index in [4.69, 9.17) is 28.3 Å². The molecule has 116 valence electrons. The van der Waals surface area contributed by atoms with Crippen molar-refractivity contribution in [2.45, 2.75) is 24.7 Å². The van der Waals surface area contributed by atoms with Gasteiger partial charge >= 0.3 is 5.97 Å². The topological polar surface area (TPSA) is 74.7 Å². The summed E-state index contributed by atoms with van der Waals surface area (Å²) in [5.41, 5.74) is -0.273. The van der Waals surface area contributed by atoms with Crippen LogP contribution < -0.4 is 0 Å². The molecular weight excluding hydrogens is 337 g/mol. The number of aromatic carboxylic acids is 1. The third-order valence-corrected chi connectivity index (χ3v) is 6.13. The van der Waals surface area contributed by atoms with E-state index in [0.717, 1.165) is 25.0 Å². The molecule has 0 amide bonds. The van der Waals surface area contributed by atoms with Gasteiger partial charge in [0, 0.05) is 13.1 Å². The molecule has 0 unspecified atom stereocenters. The van der Waals surface area contributed by atoms with Gasteiger partial charge in [0.25, 0.3) is 0 Å². The summed E-state index contributed by atoms with van der Waals surface area (Å²) in [6.07, 6.45) is 1.75. The number of carboxylic acids is 1. The second-order valence-corrected chi connectivity index (χ2v) is 7.90. The molecule has 1 aliphatic heterocycles. The second-order valence-electron chi connectivity index (χ2n) is 5.18. The fourth-order valence-electron chi connectivity index (χ4n) is 2.39. The maximum Gasteiger partial charge on any atom is 0.337 e. The smallest absolute Gasteiger partial charge is 0.337 e. The minimum atomic E-state index is -3.82. The Morgan fingerprint density at radius 2 is 2.00 bits per heavy atom. The minimum absolute atomic E-state index is 0.0665. The number of piperidine rings is 1. The van der Waals surface area contributed by atoms with E-state index in [2.05, 4.69) is 0 Å². The first-order valence-electron chi connectivity index (χ1n) is 6.46. The summed E-state index contributed by atoms with van der Waals surface area (Å²) < 4.78 is 26.6. The zero-order valence-electron chi connectivity index (χ0n) is 11.3. The van der Waals surface area contributed by atoms with Crippen LogP contribution in [0.4, 0.5) is 0 Å². The summed E-state index contributed by atoms with van der Waals surface area (Å²) in [7, 11) is -3.82. The Morgan fingerprint density at radius 3 is 2.57 bits per heavy atom. The van der Waals surface area contributed by atoms with Gasteiger partial charge in [-0.25, -0.2) is 13.2 Å². The van der Waals surface area contributed by atoms with Crippen molar-refractivity contribution in [3.8, 4) is 0 Å². The maximum absolute atomic E-state index is 12.6. The quantitative estimate of drug-likeness (QED) is 0.907. The molecule has 1 N–H and O–H groups in total. The predicted octanol–water partition coefficient (Wildman–Crippen LogP) is 3.11.